The van der Waals surface area contributed by atoms with Gasteiger partial charge >= 0.3 is 0 Å². The van der Waals surface area contributed by atoms with E-state index in [0.717, 1.165) is 28.4 Å². The molecule has 2 aromatic rings. The summed E-state index contributed by atoms with van der Waals surface area (Å²) in [5.41, 5.74) is 1.77. The van der Waals surface area contributed by atoms with Crippen LogP contribution in [0.1, 0.15) is 20.3 Å². The Morgan fingerprint density at radius 3 is 3.04 bits per heavy atom. The van der Waals surface area contributed by atoms with E-state index >= 15 is 0 Å². The first-order valence-electron chi connectivity index (χ1n) is 7.70. The Kier molecular flexibility index (Phi) is 6.73. The maximum atomic E-state index is 12.0. The van der Waals surface area contributed by atoms with Crippen LogP contribution < -0.4 is 10.1 Å². The van der Waals surface area contributed by atoms with Gasteiger partial charge in [-0.25, -0.2) is 4.98 Å². The van der Waals surface area contributed by atoms with Crippen LogP contribution in [0, 0.1) is 0 Å². The molecule has 1 unspecified atom stereocenters. The van der Waals surface area contributed by atoms with Gasteiger partial charge in [0.1, 0.15) is 5.75 Å². The van der Waals surface area contributed by atoms with Gasteiger partial charge in [-0.2, -0.15) is 0 Å². The standard InChI is InChI=1S/C16H23N3O3S/c1-4-22-12-6-7-13-14(10-12)19-16(18-13)23-11(2)15(20)17-8-5-9-21-3/h6-7,10-11H,4-5,8-9H2,1-3H3,(H,17,20)(H,18,19). The first-order chi connectivity index (χ1) is 11.1. The normalized spacial score (nSPS) is 12.3. The van der Waals surface area contributed by atoms with Crippen LogP contribution in [-0.4, -0.2) is 48.0 Å². The largest absolute Gasteiger partial charge is 0.494 e. The van der Waals surface area contributed by atoms with Gasteiger partial charge in [-0.05, 0) is 32.4 Å². The minimum Gasteiger partial charge on any atom is -0.494 e. The van der Waals surface area contributed by atoms with Crippen LogP contribution in [0.15, 0.2) is 23.4 Å². The van der Waals surface area contributed by atoms with Gasteiger partial charge < -0.3 is 19.8 Å². The molecule has 1 aromatic carbocycles. The van der Waals surface area contributed by atoms with Crippen molar-refractivity contribution in [1.82, 2.24) is 15.3 Å². The summed E-state index contributed by atoms with van der Waals surface area (Å²) in [5.74, 6) is 0.811. The summed E-state index contributed by atoms with van der Waals surface area (Å²) in [4.78, 5) is 19.8. The van der Waals surface area contributed by atoms with E-state index in [4.69, 9.17) is 9.47 Å². The third-order valence-corrected chi connectivity index (χ3v) is 4.21. The second-order valence-electron chi connectivity index (χ2n) is 5.05. The highest BCUT2D eigenvalue weighted by Gasteiger charge is 2.16. The number of nitrogens with one attached hydrogen (secondary N) is 2. The number of hydrogen-bond acceptors (Lipinski definition) is 5. The van der Waals surface area contributed by atoms with Gasteiger partial charge in [0.05, 0.1) is 22.9 Å². The average Bonchev–Trinajstić information content (AvgIpc) is 2.93. The molecule has 23 heavy (non-hydrogen) atoms. The minimum absolute atomic E-state index is 0.00145. The van der Waals surface area contributed by atoms with Crippen LogP contribution in [0.5, 0.6) is 5.75 Å². The van der Waals surface area contributed by atoms with E-state index in [9.17, 15) is 4.79 Å². The number of carbonyl (C=O) groups is 1. The van der Waals surface area contributed by atoms with E-state index in [2.05, 4.69) is 15.3 Å². The summed E-state index contributed by atoms with van der Waals surface area (Å²) in [5, 5.41) is 3.41. The zero-order valence-electron chi connectivity index (χ0n) is 13.7. The number of carbonyl (C=O) groups excluding carboxylic acids is 1. The first kappa shape index (κ1) is 17.6. The zero-order chi connectivity index (χ0) is 16.7. The molecule has 1 heterocycles. The van der Waals surface area contributed by atoms with E-state index in [1.165, 1.54) is 11.8 Å². The van der Waals surface area contributed by atoms with Crippen molar-refractivity contribution in [2.24, 2.45) is 0 Å². The van der Waals surface area contributed by atoms with E-state index < -0.39 is 0 Å². The van der Waals surface area contributed by atoms with Crippen molar-refractivity contribution in [2.45, 2.75) is 30.7 Å². The van der Waals surface area contributed by atoms with E-state index in [1.807, 2.05) is 32.0 Å². The lowest BCUT2D eigenvalue weighted by Gasteiger charge is -2.10. The number of benzene rings is 1. The lowest BCUT2D eigenvalue weighted by atomic mass is 10.3. The van der Waals surface area contributed by atoms with Crippen molar-refractivity contribution in [2.75, 3.05) is 26.9 Å². The average molecular weight is 337 g/mol. The Balaban J connectivity index is 1.93. The van der Waals surface area contributed by atoms with Gasteiger partial charge in [0.15, 0.2) is 5.16 Å². The van der Waals surface area contributed by atoms with Gasteiger partial charge in [0.25, 0.3) is 0 Å². The molecule has 0 aliphatic heterocycles. The third-order valence-electron chi connectivity index (χ3n) is 3.22. The molecule has 0 aliphatic rings. The number of methoxy groups -OCH3 is 1. The summed E-state index contributed by atoms with van der Waals surface area (Å²) < 4.78 is 10.4. The molecule has 6 nitrogen and oxygen atoms in total. The number of amides is 1. The Labute approximate surface area is 140 Å². The van der Waals surface area contributed by atoms with Crippen LogP contribution in [-0.2, 0) is 9.53 Å². The number of ether oxygens (including phenoxy) is 2. The molecular formula is C16H23N3O3S. The summed E-state index contributed by atoms with van der Waals surface area (Å²) in [6.45, 7) is 5.71. The number of rotatable bonds is 9. The molecule has 1 aromatic heterocycles. The molecule has 0 radical (unpaired) electrons. The highest BCUT2D eigenvalue weighted by molar-refractivity contribution is 8.00. The highest BCUT2D eigenvalue weighted by Crippen LogP contribution is 2.25. The number of nitrogens with zero attached hydrogens (tertiary/aromatic N) is 1. The molecule has 0 aliphatic carbocycles. The van der Waals surface area contributed by atoms with Crippen LogP contribution in [0.3, 0.4) is 0 Å². The molecule has 0 bridgehead atoms. The van der Waals surface area contributed by atoms with Crippen molar-refractivity contribution in [3.63, 3.8) is 0 Å². The van der Waals surface area contributed by atoms with Crippen molar-refractivity contribution in [3.8, 4) is 5.75 Å². The number of imidazole rings is 1. The Hall–Kier alpha value is -1.73. The highest BCUT2D eigenvalue weighted by atomic mass is 32.2. The number of H-pyrrole nitrogens is 1. The lowest BCUT2D eigenvalue weighted by Crippen LogP contribution is -2.32. The molecule has 0 fully saturated rings. The van der Waals surface area contributed by atoms with Crippen molar-refractivity contribution in [3.05, 3.63) is 18.2 Å². The molecule has 2 N–H and O–H groups in total. The van der Waals surface area contributed by atoms with Crippen molar-refractivity contribution in [1.29, 1.82) is 0 Å². The van der Waals surface area contributed by atoms with Crippen molar-refractivity contribution < 1.29 is 14.3 Å². The smallest absolute Gasteiger partial charge is 0.233 e. The van der Waals surface area contributed by atoms with Gasteiger partial charge in [0, 0.05) is 26.3 Å². The summed E-state index contributed by atoms with van der Waals surface area (Å²) in [6, 6.07) is 5.73. The maximum Gasteiger partial charge on any atom is 0.233 e. The first-order valence-corrected chi connectivity index (χ1v) is 8.58. The van der Waals surface area contributed by atoms with Gasteiger partial charge in [-0.3, -0.25) is 4.79 Å². The number of thioether (sulfide) groups is 1. The maximum absolute atomic E-state index is 12.0. The molecule has 0 spiro atoms. The number of fused-ring (bicyclic) bond motifs is 1. The van der Waals surface area contributed by atoms with Crippen LogP contribution >= 0.6 is 11.8 Å². The molecule has 1 atom stereocenters. The predicted octanol–water partition coefficient (Wildman–Crippen LogP) is 2.59. The van der Waals surface area contributed by atoms with E-state index in [0.29, 0.717) is 19.8 Å². The third kappa shape index (κ3) is 5.14. The second-order valence-corrected chi connectivity index (χ2v) is 6.38. The Bertz CT molecular complexity index is 645. The minimum atomic E-state index is -0.218. The summed E-state index contributed by atoms with van der Waals surface area (Å²) in [6.07, 6.45) is 0.810. The van der Waals surface area contributed by atoms with Crippen LogP contribution in [0.2, 0.25) is 0 Å². The molecular weight excluding hydrogens is 314 g/mol. The molecule has 7 heteroatoms. The fourth-order valence-electron chi connectivity index (χ4n) is 2.07. The summed E-state index contributed by atoms with van der Waals surface area (Å²) in [7, 11) is 1.65. The molecule has 1 amide bonds. The topological polar surface area (TPSA) is 76.2 Å². The number of hydrogen-bond donors (Lipinski definition) is 2. The number of aromatic amines is 1. The molecule has 2 rings (SSSR count). The Morgan fingerprint density at radius 2 is 2.30 bits per heavy atom. The van der Waals surface area contributed by atoms with Gasteiger partial charge in [-0.15, -0.1) is 0 Å². The van der Waals surface area contributed by atoms with Crippen molar-refractivity contribution >= 4 is 28.7 Å². The van der Waals surface area contributed by atoms with E-state index in [1.54, 1.807) is 7.11 Å². The predicted molar refractivity (Wildman–Crippen MR) is 92.1 cm³/mol. The quantitative estimate of drug-likeness (QED) is 0.543. The van der Waals surface area contributed by atoms with Crippen LogP contribution in [0.4, 0.5) is 0 Å². The zero-order valence-corrected chi connectivity index (χ0v) is 14.5. The number of aromatic nitrogens is 2. The van der Waals surface area contributed by atoms with Gasteiger partial charge in [-0.1, -0.05) is 11.8 Å². The fourth-order valence-corrected chi connectivity index (χ4v) is 2.92. The Morgan fingerprint density at radius 1 is 1.48 bits per heavy atom. The monoisotopic (exact) mass is 337 g/mol. The molecule has 0 saturated heterocycles. The van der Waals surface area contributed by atoms with Crippen LogP contribution in [0.25, 0.3) is 11.0 Å². The SMILES string of the molecule is CCOc1ccc2nc(SC(C)C(=O)NCCCOC)[nH]c2c1. The molecule has 0 saturated carbocycles. The van der Waals surface area contributed by atoms with E-state index in [-0.39, 0.29) is 11.2 Å². The molecule has 126 valence electrons. The lowest BCUT2D eigenvalue weighted by molar-refractivity contribution is -0.120. The second kappa shape index (κ2) is 8.79. The summed E-state index contributed by atoms with van der Waals surface area (Å²) >= 11 is 1.41. The van der Waals surface area contributed by atoms with Gasteiger partial charge in [0.2, 0.25) is 5.91 Å². The fraction of sp³-hybridized carbons (Fsp3) is 0.500.